The number of rotatable bonds is 3. The van der Waals surface area contributed by atoms with Crippen molar-refractivity contribution < 1.29 is 18.4 Å². The minimum absolute atomic E-state index is 0. The molecule has 0 aromatic heterocycles. The van der Waals surface area contributed by atoms with E-state index in [0.717, 1.165) is 0 Å². The van der Waals surface area contributed by atoms with Crippen LogP contribution in [0.5, 0.6) is 0 Å². The average Bonchev–Trinajstić information content (AvgIpc) is 2.51. The van der Waals surface area contributed by atoms with Crippen molar-refractivity contribution in [2.45, 2.75) is 0 Å². The molecule has 0 spiro atoms. The first-order valence-electron chi connectivity index (χ1n) is 6.18. The fraction of sp³-hybridized carbons (Fsp3) is 0. The van der Waals surface area contributed by atoms with Gasteiger partial charge in [0.05, 0.1) is 0 Å². The van der Waals surface area contributed by atoms with E-state index in [1.807, 2.05) is 0 Å². The van der Waals surface area contributed by atoms with E-state index in [2.05, 4.69) is 91.0 Å². The molecule has 0 heterocycles. The molecule has 0 nitrogen and oxygen atoms in total. The Balaban J connectivity index is 0.00000147. The van der Waals surface area contributed by atoms with Gasteiger partial charge in [-0.25, -0.2) is 0 Å². The zero-order valence-corrected chi connectivity index (χ0v) is 13.9. The van der Waals surface area contributed by atoms with Crippen LogP contribution in [0.15, 0.2) is 91.0 Å². The van der Waals surface area contributed by atoms with Gasteiger partial charge >= 0.3 is 121 Å². The molecular formula is C18H16AuCl. The Morgan fingerprint density at radius 1 is 0.400 bits per heavy atom. The van der Waals surface area contributed by atoms with Gasteiger partial charge in [0.1, 0.15) is 0 Å². The molecule has 2 heteroatoms. The van der Waals surface area contributed by atoms with Gasteiger partial charge in [-0.05, 0) is 0 Å². The van der Waals surface area contributed by atoms with Crippen LogP contribution in [0.2, 0.25) is 0 Å². The van der Waals surface area contributed by atoms with Crippen molar-refractivity contribution in [1.82, 2.24) is 0 Å². The molecule has 0 aliphatic heterocycles. The normalized spacial score (nSPS) is 10.5. The second-order valence-electron chi connectivity index (χ2n) is 3.98. The van der Waals surface area contributed by atoms with Crippen LogP contribution in [0.3, 0.4) is 0 Å². The molecule has 106 valence electrons. The molecule has 0 atom stereocenters. The Morgan fingerprint density at radius 3 is 0.900 bits per heavy atom. The molecule has 0 amide bonds. The molecule has 20 heavy (non-hydrogen) atoms. The van der Waals surface area contributed by atoms with E-state index in [1.54, 1.807) is 0 Å². The van der Waals surface area contributed by atoms with Gasteiger partial charge in [0, 0.05) is 0 Å². The monoisotopic (exact) mass is 464 g/mol. The first-order valence-corrected chi connectivity index (χ1v) is 9.43. The molecule has 0 unspecified atom stereocenters. The Bertz CT molecular complexity index is 529. The predicted octanol–water partition coefficient (Wildman–Crippen LogP) is 3.00. The number of hydrogen-bond acceptors (Lipinski definition) is 0. The van der Waals surface area contributed by atoms with Gasteiger partial charge in [-0.3, -0.25) is 0 Å². The summed E-state index contributed by atoms with van der Waals surface area (Å²) >= 11 is -1.42. The second kappa shape index (κ2) is 7.47. The van der Waals surface area contributed by atoms with Gasteiger partial charge in [0.2, 0.25) is 0 Å². The molecule has 0 N–H and O–H groups in total. The average molecular weight is 465 g/mol. The fourth-order valence-corrected chi connectivity index (χ4v) is 7.39. The van der Waals surface area contributed by atoms with Crippen molar-refractivity contribution in [3.05, 3.63) is 91.0 Å². The summed E-state index contributed by atoms with van der Waals surface area (Å²) in [5, 5.41) is 0. The molecule has 0 saturated carbocycles. The maximum atomic E-state index is 2.26. The third-order valence-corrected chi connectivity index (χ3v) is 8.56. The molecule has 0 aliphatic carbocycles. The molecule has 3 rings (SSSR count). The van der Waals surface area contributed by atoms with Crippen molar-refractivity contribution >= 4 is 23.8 Å². The molecule has 0 saturated heterocycles. The summed E-state index contributed by atoms with van der Waals surface area (Å²) < 4.78 is 4.44. The SMILES string of the molecule is Cl.c1cc[c]([Au]([c]2ccccc2)[c]2ccccc2)cc1. The summed E-state index contributed by atoms with van der Waals surface area (Å²) in [5.74, 6) is 0. The van der Waals surface area contributed by atoms with E-state index in [1.165, 1.54) is 11.3 Å². The molecule has 3 aromatic carbocycles. The van der Waals surface area contributed by atoms with Crippen LogP contribution < -0.4 is 11.3 Å². The van der Waals surface area contributed by atoms with Crippen LogP contribution in [0.4, 0.5) is 0 Å². The van der Waals surface area contributed by atoms with E-state index in [-0.39, 0.29) is 12.4 Å². The predicted molar refractivity (Wildman–Crippen MR) is 85.5 cm³/mol. The van der Waals surface area contributed by atoms with E-state index in [4.69, 9.17) is 0 Å². The van der Waals surface area contributed by atoms with Crippen molar-refractivity contribution in [2.24, 2.45) is 0 Å². The fourth-order valence-electron chi connectivity index (χ4n) is 1.80. The molecule has 3 aromatic rings. The van der Waals surface area contributed by atoms with Crippen molar-refractivity contribution in [3.8, 4) is 0 Å². The maximum absolute atomic E-state index is 2.26. The van der Waals surface area contributed by atoms with Crippen molar-refractivity contribution in [1.29, 1.82) is 0 Å². The number of benzene rings is 3. The van der Waals surface area contributed by atoms with Crippen LogP contribution in [-0.4, -0.2) is 0 Å². The van der Waals surface area contributed by atoms with Crippen molar-refractivity contribution in [3.63, 3.8) is 0 Å². The Labute approximate surface area is 133 Å². The Morgan fingerprint density at radius 2 is 0.650 bits per heavy atom. The molecule has 0 bridgehead atoms. The van der Waals surface area contributed by atoms with Crippen LogP contribution in [-0.2, 0) is 18.4 Å². The van der Waals surface area contributed by atoms with E-state index in [0.29, 0.717) is 0 Å². The Hall–Kier alpha value is -1.31. The molecule has 0 aliphatic rings. The zero-order chi connectivity index (χ0) is 12.9. The number of halogens is 1. The van der Waals surface area contributed by atoms with E-state index in [9.17, 15) is 0 Å². The van der Waals surface area contributed by atoms with E-state index >= 15 is 0 Å². The molecular weight excluding hydrogens is 449 g/mol. The van der Waals surface area contributed by atoms with Crippen LogP contribution in [0.1, 0.15) is 0 Å². The third kappa shape index (κ3) is 3.41. The summed E-state index contributed by atoms with van der Waals surface area (Å²) in [6, 6.07) is 32.7. The summed E-state index contributed by atoms with van der Waals surface area (Å²) in [6.45, 7) is 0. The third-order valence-electron chi connectivity index (χ3n) is 2.65. The standard InChI is InChI=1S/3C6H5.Au.ClH/c3*1-2-4-6-5-3-1;;/h3*1-5H;;1H. The van der Waals surface area contributed by atoms with Gasteiger partial charge < -0.3 is 0 Å². The van der Waals surface area contributed by atoms with E-state index < -0.39 is 18.4 Å². The van der Waals surface area contributed by atoms with Gasteiger partial charge in [-0.1, -0.05) is 0 Å². The van der Waals surface area contributed by atoms with Gasteiger partial charge in [0.25, 0.3) is 0 Å². The summed E-state index contributed by atoms with van der Waals surface area (Å²) in [7, 11) is 0. The van der Waals surface area contributed by atoms with Crippen LogP contribution in [0, 0.1) is 0 Å². The molecule has 0 radical (unpaired) electrons. The quantitative estimate of drug-likeness (QED) is 0.523. The second-order valence-corrected chi connectivity index (χ2v) is 9.36. The van der Waals surface area contributed by atoms with Crippen LogP contribution >= 0.6 is 12.4 Å². The Kier molecular flexibility index (Phi) is 5.63. The first-order chi connectivity index (χ1) is 9.45. The summed E-state index contributed by atoms with van der Waals surface area (Å²) in [6.07, 6.45) is 0. The van der Waals surface area contributed by atoms with Gasteiger partial charge in [0.15, 0.2) is 0 Å². The van der Waals surface area contributed by atoms with Gasteiger partial charge in [-0.15, -0.1) is 12.4 Å². The summed E-state index contributed by atoms with van der Waals surface area (Å²) in [4.78, 5) is 0. The number of hydrogen-bond donors (Lipinski definition) is 0. The topological polar surface area (TPSA) is 0 Å². The first kappa shape index (κ1) is 15.1. The van der Waals surface area contributed by atoms with Crippen LogP contribution in [0.25, 0.3) is 0 Å². The zero-order valence-electron chi connectivity index (χ0n) is 10.9. The van der Waals surface area contributed by atoms with Gasteiger partial charge in [-0.2, -0.15) is 0 Å². The molecule has 0 fully saturated rings. The summed E-state index contributed by atoms with van der Waals surface area (Å²) in [5.41, 5.74) is 0. The minimum atomic E-state index is -1.42. The van der Waals surface area contributed by atoms with Crippen molar-refractivity contribution in [2.75, 3.05) is 0 Å².